The lowest BCUT2D eigenvalue weighted by Crippen LogP contribution is -2.22. The van der Waals surface area contributed by atoms with E-state index in [2.05, 4.69) is 15.6 Å². The summed E-state index contributed by atoms with van der Waals surface area (Å²) in [5, 5.41) is 5.61. The number of methoxy groups -OCH3 is 2. The molecule has 0 saturated heterocycles. The van der Waals surface area contributed by atoms with E-state index in [0.717, 1.165) is 4.88 Å². The van der Waals surface area contributed by atoms with Crippen molar-refractivity contribution in [2.45, 2.75) is 20.1 Å². The van der Waals surface area contributed by atoms with E-state index in [1.807, 2.05) is 12.1 Å². The van der Waals surface area contributed by atoms with Crippen LogP contribution in [0.1, 0.15) is 26.0 Å². The average molecular weight is 429 g/mol. The first-order chi connectivity index (χ1) is 14.5. The molecule has 0 bridgehead atoms. The van der Waals surface area contributed by atoms with Crippen molar-refractivity contribution in [2.24, 2.45) is 0 Å². The van der Waals surface area contributed by atoms with Gasteiger partial charge in [-0.3, -0.25) is 9.59 Å². The molecule has 0 fully saturated rings. The number of carbonyl (C=O) groups is 2. The Morgan fingerprint density at radius 3 is 2.77 bits per heavy atom. The molecule has 1 aromatic carbocycles. The molecule has 3 aromatic rings. The number of aryl methyl sites for hydroxylation is 1. The summed E-state index contributed by atoms with van der Waals surface area (Å²) >= 11 is 1.39. The lowest BCUT2D eigenvalue weighted by atomic mass is 10.2. The maximum atomic E-state index is 12.4. The van der Waals surface area contributed by atoms with Gasteiger partial charge in [-0.05, 0) is 37.3 Å². The molecule has 2 aromatic heterocycles. The van der Waals surface area contributed by atoms with Gasteiger partial charge in [-0.1, -0.05) is 6.07 Å². The van der Waals surface area contributed by atoms with Crippen LogP contribution in [0.2, 0.25) is 0 Å². The van der Waals surface area contributed by atoms with Gasteiger partial charge >= 0.3 is 0 Å². The lowest BCUT2D eigenvalue weighted by Gasteiger charge is -2.05. The molecule has 0 unspecified atom stereocenters. The molecule has 30 heavy (non-hydrogen) atoms. The number of ether oxygens (including phenoxy) is 2. The van der Waals surface area contributed by atoms with Gasteiger partial charge in [0.25, 0.3) is 5.91 Å². The van der Waals surface area contributed by atoms with Gasteiger partial charge in [0.15, 0.2) is 0 Å². The number of carbonyl (C=O) groups excluding carboxylic acids is 2. The Hall–Kier alpha value is -3.01. The first kappa shape index (κ1) is 21.7. The summed E-state index contributed by atoms with van der Waals surface area (Å²) in [6.07, 6.45) is 0. The van der Waals surface area contributed by atoms with Crippen LogP contribution in [0.15, 0.2) is 40.8 Å². The van der Waals surface area contributed by atoms with E-state index in [4.69, 9.17) is 13.9 Å². The highest BCUT2D eigenvalue weighted by Crippen LogP contribution is 2.24. The zero-order valence-corrected chi connectivity index (χ0v) is 17.8. The summed E-state index contributed by atoms with van der Waals surface area (Å²) < 4.78 is 15.7. The predicted octanol–water partition coefficient (Wildman–Crippen LogP) is 3.37. The number of nitrogens with zero attached hydrogens (tertiary/aromatic N) is 1. The number of benzene rings is 1. The zero-order valence-electron chi connectivity index (χ0n) is 17.0. The second-order valence-corrected chi connectivity index (χ2v) is 7.63. The molecule has 0 spiro atoms. The summed E-state index contributed by atoms with van der Waals surface area (Å²) in [4.78, 5) is 30.2. The van der Waals surface area contributed by atoms with Crippen molar-refractivity contribution in [3.8, 4) is 11.5 Å². The van der Waals surface area contributed by atoms with Crippen LogP contribution in [0, 0.1) is 6.92 Å². The maximum Gasteiger partial charge on any atom is 0.261 e. The molecule has 9 heteroatoms. The van der Waals surface area contributed by atoms with Crippen molar-refractivity contribution in [1.29, 1.82) is 0 Å². The van der Waals surface area contributed by atoms with Gasteiger partial charge in [-0.2, -0.15) is 0 Å². The van der Waals surface area contributed by atoms with Gasteiger partial charge in [0.1, 0.15) is 18.1 Å². The normalized spacial score (nSPS) is 10.8. The van der Waals surface area contributed by atoms with E-state index >= 15 is 0 Å². The number of amides is 2. The molecule has 0 aliphatic carbocycles. The summed E-state index contributed by atoms with van der Waals surface area (Å²) in [5.41, 5.74) is 1.97. The predicted molar refractivity (Wildman–Crippen MR) is 113 cm³/mol. The first-order valence-corrected chi connectivity index (χ1v) is 10.0. The second kappa shape index (κ2) is 10.1. The van der Waals surface area contributed by atoms with Gasteiger partial charge in [0, 0.05) is 30.3 Å². The number of nitrogens with one attached hydrogen (secondary N) is 2. The van der Waals surface area contributed by atoms with Crippen LogP contribution in [-0.2, 0) is 27.4 Å². The molecule has 2 N–H and O–H groups in total. The molecule has 0 aliphatic heterocycles. The fourth-order valence-electron chi connectivity index (χ4n) is 2.74. The fourth-order valence-corrected chi connectivity index (χ4v) is 3.64. The fraction of sp³-hybridized carbons (Fsp3) is 0.286. The summed E-state index contributed by atoms with van der Waals surface area (Å²) in [6, 6.07) is 10.8. The average Bonchev–Trinajstić information content (AvgIpc) is 3.34. The van der Waals surface area contributed by atoms with Crippen LogP contribution in [0.5, 0.6) is 0 Å². The number of hydrogen-bond acceptors (Lipinski definition) is 7. The third-order valence-electron chi connectivity index (χ3n) is 4.15. The number of rotatable bonds is 9. The van der Waals surface area contributed by atoms with Crippen molar-refractivity contribution >= 4 is 28.8 Å². The molecule has 2 amide bonds. The van der Waals surface area contributed by atoms with Crippen LogP contribution >= 0.6 is 11.3 Å². The highest BCUT2D eigenvalue weighted by atomic mass is 32.1. The van der Waals surface area contributed by atoms with E-state index in [1.54, 1.807) is 38.3 Å². The number of thiophene rings is 1. The molecule has 0 radical (unpaired) electrons. The van der Waals surface area contributed by atoms with E-state index < -0.39 is 0 Å². The molecule has 0 aliphatic rings. The van der Waals surface area contributed by atoms with Crippen molar-refractivity contribution < 1.29 is 23.5 Å². The van der Waals surface area contributed by atoms with Crippen LogP contribution in [0.4, 0.5) is 5.69 Å². The summed E-state index contributed by atoms with van der Waals surface area (Å²) in [6.45, 7) is 2.50. The Labute approximate surface area is 178 Å². The van der Waals surface area contributed by atoms with Gasteiger partial charge in [0.05, 0.1) is 18.0 Å². The van der Waals surface area contributed by atoms with Crippen LogP contribution < -0.4 is 10.6 Å². The number of hydrogen-bond donors (Lipinski definition) is 2. The van der Waals surface area contributed by atoms with Gasteiger partial charge in [0.2, 0.25) is 11.8 Å². The highest BCUT2D eigenvalue weighted by Gasteiger charge is 2.15. The molecule has 158 valence electrons. The van der Waals surface area contributed by atoms with Gasteiger partial charge in [-0.25, -0.2) is 4.98 Å². The van der Waals surface area contributed by atoms with Crippen molar-refractivity contribution in [2.75, 3.05) is 26.1 Å². The molecule has 8 nitrogen and oxygen atoms in total. The minimum atomic E-state index is -0.246. The number of oxazole rings is 1. The Morgan fingerprint density at radius 2 is 2.00 bits per heavy atom. The Balaban J connectivity index is 1.66. The van der Waals surface area contributed by atoms with E-state index in [0.29, 0.717) is 40.1 Å². The molecular weight excluding hydrogens is 406 g/mol. The lowest BCUT2D eigenvalue weighted by molar-refractivity contribution is -0.119. The minimum absolute atomic E-state index is 0.0244. The first-order valence-electron chi connectivity index (χ1n) is 9.21. The van der Waals surface area contributed by atoms with E-state index in [1.165, 1.54) is 18.4 Å². The maximum absolute atomic E-state index is 12.4. The summed E-state index contributed by atoms with van der Waals surface area (Å²) in [7, 11) is 3.08. The second-order valence-electron chi connectivity index (χ2n) is 6.47. The van der Waals surface area contributed by atoms with Crippen LogP contribution in [-0.4, -0.2) is 37.6 Å². The molecule has 3 rings (SSSR count). The minimum Gasteiger partial charge on any atom is -0.441 e. The molecular formula is C21H23N3O5S. The topological polar surface area (TPSA) is 103 Å². The molecule has 0 saturated carbocycles. The van der Waals surface area contributed by atoms with Crippen LogP contribution in [0.3, 0.4) is 0 Å². The van der Waals surface area contributed by atoms with Gasteiger partial charge < -0.3 is 24.5 Å². The Morgan fingerprint density at radius 1 is 1.17 bits per heavy atom. The third-order valence-corrected chi connectivity index (χ3v) is 5.21. The Kier molecular flexibility index (Phi) is 7.34. The smallest absolute Gasteiger partial charge is 0.261 e. The number of aromatic nitrogens is 1. The Bertz CT molecular complexity index is 1030. The largest absolute Gasteiger partial charge is 0.441 e. The zero-order chi connectivity index (χ0) is 21.5. The van der Waals surface area contributed by atoms with Crippen molar-refractivity contribution in [1.82, 2.24) is 10.3 Å². The van der Waals surface area contributed by atoms with Gasteiger partial charge in [-0.15, -0.1) is 11.3 Å². The highest BCUT2D eigenvalue weighted by molar-refractivity contribution is 7.14. The summed E-state index contributed by atoms with van der Waals surface area (Å²) in [5.74, 6) is 0.612. The quantitative estimate of drug-likeness (QED) is 0.541. The monoisotopic (exact) mass is 429 g/mol. The van der Waals surface area contributed by atoms with E-state index in [9.17, 15) is 9.59 Å². The standard InChI is InChI=1S/C21H23N3O5S/c1-13-17(10-22-20(26)18-8-7-16(30-18)11-27-2)24-21(29-13)14-5-4-6-15(9-14)23-19(25)12-28-3/h4-9H,10-12H2,1-3H3,(H,22,26)(H,23,25). The van der Waals surface area contributed by atoms with Crippen LogP contribution in [0.25, 0.3) is 11.5 Å². The number of anilines is 1. The molecule has 2 heterocycles. The van der Waals surface area contributed by atoms with E-state index in [-0.39, 0.29) is 25.0 Å². The SMILES string of the molecule is COCC(=O)Nc1cccc(-c2nc(CNC(=O)c3ccc(COC)s3)c(C)o2)c1. The van der Waals surface area contributed by atoms with Crippen molar-refractivity contribution in [3.63, 3.8) is 0 Å². The van der Waals surface area contributed by atoms with Crippen molar-refractivity contribution in [3.05, 3.63) is 57.6 Å². The molecule has 0 atom stereocenters. The third kappa shape index (κ3) is 5.53.